The van der Waals surface area contributed by atoms with Crippen molar-refractivity contribution in [2.24, 2.45) is 5.73 Å². The third-order valence-electron chi connectivity index (χ3n) is 1.55. The van der Waals surface area contributed by atoms with E-state index < -0.39 is 5.91 Å². The van der Waals surface area contributed by atoms with Crippen molar-refractivity contribution in [3.8, 4) is 0 Å². The Bertz CT molecular complexity index is 369. The highest BCUT2D eigenvalue weighted by Gasteiger charge is 2.11. The summed E-state index contributed by atoms with van der Waals surface area (Å²) in [5, 5.41) is 0. The van der Waals surface area contributed by atoms with Gasteiger partial charge in [0.05, 0.1) is 0 Å². The van der Waals surface area contributed by atoms with Crippen LogP contribution in [0.1, 0.15) is 10.5 Å². The Balaban J connectivity index is 2.27. The predicted molar refractivity (Wildman–Crippen MR) is 42.1 cm³/mol. The predicted octanol–water partition coefficient (Wildman–Crippen LogP) is -0.258. The molecule has 1 amide bonds. The minimum Gasteiger partial charge on any atom is -0.459 e. The maximum atomic E-state index is 10.7. The third-order valence-corrected chi connectivity index (χ3v) is 1.55. The summed E-state index contributed by atoms with van der Waals surface area (Å²) in [6.07, 6.45) is 4.34. The van der Waals surface area contributed by atoms with Crippen LogP contribution in [0.15, 0.2) is 18.8 Å². The average molecular weight is 181 g/mol. The second-order valence-electron chi connectivity index (χ2n) is 2.42. The molecule has 2 rings (SSSR count). The Kier molecular flexibility index (Phi) is 1.66. The van der Waals surface area contributed by atoms with Crippen molar-refractivity contribution in [1.82, 2.24) is 9.55 Å². The number of nitrogens with zero attached hydrogens (tertiary/aromatic N) is 2. The third kappa shape index (κ3) is 1.33. The SMILES string of the molecule is NC(=O)c1cn(C2=COCO2)cn1. The van der Waals surface area contributed by atoms with Crippen molar-refractivity contribution < 1.29 is 14.3 Å². The number of carbonyl (C=O) groups is 1. The molecule has 0 radical (unpaired) electrons. The molecule has 1 aromatic heterocycles. The number of aromatic nitrogens is 2. The molecule has 0 fully saturated rings. The average Bonchev–Trinajstić information content (AvgIpc) is 2.75. The van der Waals surface area contributed by atoms with E-state index in [4.69, 9.17) is 15.2 Å². The van der Waals surface area contributed by atoms with Gasteiger partial charge >= 0.3 is 0 Å². The van der Waals surface area contributed by atoms with Gasteiger partial charge in [0.2, 0.25) is 12.7 Å². The molecule has 1 aliphatic heterocycles. The van der Waals surface area contributed by atoms with Gasteiger partial charge in [-0.3, -0.25) is 9.36 Å². The van der Waals surface area contributed by atoms with Gasteiger partial charge in [0, 0.05) is 6.20 Å². The monoisotopic (exact) mass is 181 g/mol. The van der Waals surface area contributed by atoms with Gasteiger partial charge in [-0.15, -0.1) is 0 Å². The summed E-state index contributed by atoms with van der Waals surface area (Å²) in [4.78, 5) is 14.5. The summed E-state index contributed by atoms with van der Waals surface area (Å²) in [6.45, 7) is 0.180. The van der Waals surface area contributed by atoms with Crippen LogP contribution < -0.4 is 5.73 Å². The number of hydrogen-bond donors (Lipinski definition) is 1. The van der Waals surface area contributed by atoms with Crippen molar-refractivity contribution in [3.63, 3.8) is 0 Å². The molecule has 1 aromatic rings. The van der Waals surface area contributed by atoms with Crippen LogP contribution in [-0.2, 0) is 9.47 Å². The highest BCUT2D eigenvalue weighted by atomic mass is 16.7. The minimum atomic E-state index is -0.571. The number of primary amides is 1. The van der Waals surface area contributed by atoms with Crippen LogP contribution in [0.2, 0.25) is 0 Å². The van der Waals surface area contributed by atoms with Crippen LogP contribution in [-0.4, -0.2) is 22.3 Å². The lowest BCUT2D eigenvalue weighted by Gasteiger charge is -1.98. The summed E-state index contributed by atoms with van der Waals surface area (Å²) >= 11 is 0. The summed E-state index contributed by atoms with van der Waals surface area (Å²) in [6, 6.07) is 0. The first-order valence-corrected chi connectivity index (χ1v) is 3.56. The van der Waals surface area contributed by atoms with Crippen LogP contribution in [0.4, 0.5) is 0 Å². The Hall–Kier alpha value is -1.98. The first-order valence-electron chi connectivity index (χ1n) is 3.56. The van der Waals surface area contributed by atoms with Crippen LogP contribution in [0.25, 0.3) is 5.88 Å². The maximum absolute atomic E-state index is 10.7. The molecule has 0 unspecified atom stereocenters. The normalized spacial score (nSPS) is 14.6. The number of amides is 1. The zero-order chi connectivity index (χ0) is 9.26. The summed E-state index contributed by atoms with van der Waals surface area (Å²) in [5.74, 6) is -0.0849. The van der Waals surface area contributed by atoms with Crippen LogP contribution >= 0.6 is 0 Å². The van der Waals surface area contributed by atoms with Gasteiger partial charge < -0.3 is 15.2 Å². The minimum absolute atomic E-state index is 0.180. The van der Waals surface area contributed by atoms with Crippen molar-refractivity contribution in [2.75, 3.05) is 6.79 Å². The van der Waals surface area contributed by atoms with Gasteiger partial charge in [0.1, 0.15) is 18.3 Å². The molecule has 0 bridgehead atoms. The quantitative estimate of drug-likeness (QED) is 0.681. The molecule has 6 nitrogen and oxygen atoms in total. The van der Waals surface area contributed by atoms with Crippen LogP contribution in [0.5, 0.6) is 0 Å². The smallest absolute Gasteiger partial charge is 0.268 e. The summed E-state index contributed by atoms with van der Waals surface area (Å²) in [5.41, 5.74) is 5.21. The van der Waals surface area contributed by atoms with E-state index in [-0.39, 0.29) is 12.5 Å². The Morgan fingerprint density at radius 1 is 1.69 bits per heavy atom. The number of nitrogens with two attached hydrogens (primary N) is 1. The molecule has 0 atom stereocenters. The van der Waals surface area contributed by atoms with E-state index in [1.54, 1.807) is 0 Å². The Morgan fingerprint density at radius 2 is 2.54 bits per heavy atom. The maximum Gasteiger partial charge on any atom is 0.268 e. The molecule has 2 heterocycles. The zero-order valence-corrected chi connectivity index (χ0v) is 6.64. The molecule has 0 aromatic carbocycles. The van der Waals surface area contributed by atoms with E-state index >= 15 is 0 Å². The molecule has 0 aliphatic carbocycles. The molecule has 13 heavy (non-hydrogen) atoms. The van der Waals surface area contributed by atoms with Gasteiger partial charge in [-0.1, -0.05) is 0 Å². The molecular formula is C7H7N3O3. The number of rotatable bonds is 2. The van der Waals surface area contributed by atoms with E-state index in [1.165, 1.54) is 23.4 Å². The first kappa shape index (κ1) is 7.66. The molecule has 68 valence electrons. The number of ether oxygens (including phenoxy) is 2. The fourth-order valence-corrected chi connectivity index (χ4v) is 0.940. The lowest BCUT2D eigenvalue weighted by atomic mass is 10.5. The van der Waals surface area contributed by atoms with E-state index in [0.29, 0.717) is 5.88 Å². The van der Waals surface area contributed by atoms with Gasteiger partial charge in [-0.05, 0) is 0 Å². The zero-order valence-electron chi connectivity index (χ0n) is 6.64. The van der Waals surface area contributed by atoms with Gasteiger partial charge in [-0.25, -0.2) is 4.98 Å². The molecule has 2 N–H and O–H groups in total. The lowest BCUT2D eigenvalue weighted by molar-refractivity contribution is 0.0960. The largest absolute Gasteiger partial charge is 0.459 e. The van der Waals surface area contributed by atoms with Crippen molar-refractivity contribution in [3.05, 3.63) is 24.5 Å². The topological polar surface area (TPSA) is 79.4 Å². The van der Waals surface area contributed by atoms with Crippen molar-refractivity contribution >= 4 is 11.8 Å². The molecule has 0 saturated carbocycles. The van der Waals surface area contributed by atoms with E-state index in [1.807, 2.05) is 0 Å². The molecule has 0 spiro atoms. The van der Waals surface area contributed by atoms with Gasteiger partial charge in [0.25, 0.3) is 5.91 Å². The van der Waals surface area contributed by atoms with Gasteiger partial charge in [0.15, 0.2) is 0 Å². The van der Waals surface area contributed by atoms with Crippen molar-refractivity contribution in [2.45, 2.75) is 0 Å². The molecular weight excluding hydrogens is 174 g/mol. The van der Waals surface area contributed by atoms with E-state index in [9.17, 15) is 4.79 Å². The second-order valence-corrected chi connectivity index (χ2v) is 2.42. The fraction of sp³-hybridized carbons (Fsp3) is 0.143. The molecule has 1 aliphatic rings. The fourth-order valence-electron chi connectivity index (χ4n) is 0.940. The van der Waals surface area contributed by atoms with E-state index in [0.717, 1.165) is 0 Å². The highest BCUT2D eigenvalue weighted by Crippen LogP contribution is 2.12. The lowest BCUT2D eigenvalue weighted by Crippen LogP contribution is -2.11. The highest BCUT2D eigenvalue weighted by molar-refractivity contribution is 5.90. The number of hydrogen-bond acceptors (Lipinski definition) is 4. The van der Waals surface area contributed by atoms with Crippen LogP contribution in [0.3, 0.4) is 0 Å². The number of carbonyl (C=O) groups excluding carboxylic acids is 1. The second kappa shape index (κ2) is 2.81. The van der Waals surface area contributed by atoms with Crippen molar-refractivity contribution in [1.29, 1.82) is 0 Å². The number of imidazole rings is 1. The van der Waals surface area contributed by atoms with Gasteiger partial charge in [-0.2, -0.15) is 0 Å². The molecule has 0 saturated heterocycles. The summed E-state index contributed by atoms with van der Waals surface area (Å²) in [7, 11) is 0. The Labute approximate surface area is 73.6 Å². The molecule has 6 heteroatoms. The first-order chi connectivity index (χ1) is 6.27. The van der Waals surface area contributed by atoms with Crippen LogP contribution in [0, 0.1) is 0 Å². The standard InChI is InChI=1S/C7H7N3O3/c8-7(11)5-1-10(3-9-5)6-2-12-4-13-6/h1-3H,4H2,(H2,8,11). The van der Waals surface area contributed by atoms with E-state index in [2.05, 4.69) is 4.98 Å². The summed E-state index contributed by atoms with van der Waals surface area (Å²) < 4.78 is 11.4. The Morgan fingerprint density at radius 3 is 3.08 bits per heavy atom.